The van der Waals surface area contributed by atoms with Crippen LogP contribution in [0.1, 0.15) is 44.7 Å². The zero-order valence-electron chi connectivity index (χ0n) is 16.6. The van der Waals surface area contributed by atoms with E-state index in [-0.39, 0.29) is 17.2 Å². The van der Waals surface area contributed by atoms with Crippen LogP contribution in [0.3, 0.4) is 0 Å². The van der Waals surface area contributed by atoms with Gasteiger partial charge in [-0.15, -0.1) is 11.3 Å². The summed E-state index contributed by atoms with van der Waals surface area (Å²) in [5.41, 5.74) is 2.44. The van der Waals surface area contributed by atoms with Gasteiger partial charge in [0, 0.05) is 25.6 Å². The minimum atomic E-state index is -3.42. The number of nitrogens with zero attached hydrogens (tertiary/aromatic N) is 1. The Hall–Kier alpha value is -1.70. The van der Waals surface area contributed by atoms with Crippen LogP contribution in [-0.4, -0.2) is 31.7 Å². The molecule has 0 saturated carbocycles. The summed E-state index contributed by atoms with van der Waals surface area (Å²) in [4.78, 5) is 12.5. The first-order valence-electron chi connectivity index (χ1n) is 9.59. The van der Waals surface area contributed by atoms with Gasteiger partial charge in [-0.05, 0) is 40.8 Å². The molecule has 1 amide bonds. The molecule has 5 nitrogen and oxygen atoms in total. The summed E-state index contributed by atoms with van der Waals surface area (Å²) in [5, 5.41) is 4.77. The highest BCUT2D eigenvalue weighted by atomic mass is 32.2. The fourth-order valence-electron chi connectivity index (χ4n) is 3.35. The molecular formula is C21H28N2O3S2. The molecule has 7 heteroatoms. The van der Waals surface area contributed by atoms with E-state index in [1.54, 1.807) is 17.5 Å². The van der Waals surface area contributed by atoms with Crippen molar-refractivity contribution in [3.8, 4) is 0 Å². The van der Waals surface area contributed by atoms with Gasteiger partial charge in [-0.3, -0.25) is 4.79 Å². The van der Waals surface area contributed by atoms with Crippen molar-refractivity contribution in [2.45, 2.75) is 49.8 Å². The van der Waals surface area contributed by atoms with E-state index in [2.05, 4.69) is 50.4 Å². The maximum absolute atomic E-state index is 12.6. The molecule has 1 aliphatic rings. The summed E-state index contributed by atoms with van der Waals surface area (Å²) < 4.78 is 27.0. The summed E-state index contributed by atoms with van der Waals surface area (Å²) in [5.74, 6) is -0.128. The Morgan fingerprint density at radius 3 is 2.32 bits per heavy atom. The molecule has 1 saturated heterocycles. The van der Waals surface area contributed by atoms with Gasteiger partial charge in [-0.1, -0.05) is 51.1 Å². The number of hydrogen-bond donors (Lipinski definition) is 1. The molecule has 3 rings (SSSR count). The first-order valence-corrected chi connectivity index (χ1v) is 11.9. The Morgan fingerprint density at radius 1 is 1.14 bits per heavy atom. The second kappa shape index (κ2) is 8.35. The minimum absolute atomic E-state index is 0.00747. The number of sulfonamides is 1. The van der Waals surface area contributed by atoms with Gasteiger partial charge in [0.05, 0.1) is 0 Å². The maximum Gasteiger partial charge on any atom is 0.252 e. The smallest absolute Gasteiger partial charge is 0.252 e. The molecule has 2 aromatic rings. The average molecular weight is 421 g/mol. The Morgan fingerprint density at radius 2 is 1.79 bits per heavy atom. The second-order valence-corrected chi connectivity index (χ2v) is 11.4. The number of nitrogens with one attached hydrogen (secondary N) is 1. The largest absolute Gasteiger partial charge is 0.352 e. The van der Waals surface area contributed by atoms with E-state index < -0.39 is 10.0 Å². The molecule has 0 spiro atoms. The third-order valence-electron chi connectivity index (χ3n) is 5.20. The Kier molecular flexibility index (Phi) is 6.27. The molecule has 0 radical (unpaired) electrons. The lowest BCUT2D eigenvalue weighted by molar-refractivity contribution is -0.126. The standard InChI is InChI=1S/C21H28N2O3S2/c1-21(2,3)18-8-6-16(7-9-18)15-22-20(24)17-10-12-23(13-11-17)28(25,26)19-5-4-14-27-19/h4-9,14,17H,10-13,15H2,1-3H3,(H,22,24). The van der Waals surface area contributed by atoms with Crippen LogP contribution < -0.4 is 5.32 Å². The number of carbonyl (C=O) groups excluding carboxylic acids is 1. The first kappa shape index (κ1) is 21.0. The monoisotopic (exact) mass is 420 g/mol. The third kappa shape index (κ3) is 4.82. The molecule has 0 bridgehead atoms. The van der Waals surface area contributed by atoms with Crippen LogP contribution in [0.25, 0.3) is 0 Å². The van der Waals surface area contributed by atoms with E-state index in [0.29, 0.717) is 36.7 Å². The van der Waals surface area contributed by atoms with Gasteiger partial charge in [-0.2, -0.15) is 4.31 Å². The highest BCUT2D eigenvalue weighted by molar-refractivity contribution is 7.91. The molecule has 28 heavy (non-hydrogen) atoms. The van der Waals surface area contributed by atoms with Crippen molar-refractivity contribution in [3.05, 3.63) is 52.9 Å². The summed E-state index contributed by atoms with van der Waals surface area (Å²) in [6.45, 7) is 7.80. The highest BCUT2D eigenvalue weighted by Crippen LogP contribution is 2.26. The quantitative estimate of drug-likeness (QED) is 0.801. The lowest BCUT2D eigenvalue weighted by atomic mass is 9.87. The van der Waals surface area contributed by atoms with Crippen LogP contribution in [0.2, 0.25) is 0 Å². The predicted octanol–water partition coefficient (Wildman–Crippen LogP) is 3.76. The molecule has 0 atom stereocenters. The van der Waals surface area contributed by atoms with E-state index in [4.69, 9.17) is 0 Å². The van der Waals surface area contributed by atoms with E-state index in [9.17, 15) is 13.2 Å². The van der Waals surface area contributed by atoms with Gasteiger partial charge >= 0.3 is 0 Å². The third-order valence-corrected chi connectivity index (χ3v) is 8.47. The molecule has 0 unspecified atom stereocenters. The lowest BCUT2D eigenvalue weighted by Gasteiger charge is -2.30. The number of rotatable bonds is 5. The zero-order chi connectivity index (χ0) is 20.4. The summed E-state index contributed by atoms with van der Waals surface area (Å²) in [6, 6.07) is 11.7. The van der Waals surface area contributed by atoms with Gasteiger partial charge < -0.3 is 5.32 Å². The van der Waals surface area contributed by atoms with Gasteiger partial charge in [0.25, 0.3) is 10.0 Å². The van der Waals surface area contributed by atoms with E-state index in [1.165, 1.54) is 21.2 Å². The summed E-state index contributed by atoms with van der Waals surface area (Å²) in [6.07, 6.45) is 1.11. The first-order chi connectivity index (χ1) is 13.2. The average Bonchev–Trinajstić information content (AvgIpc) is 3.21. The van der Waals surface area contributed by atoms with Crippen molar-refractivity contribution in [2.75, 3.05) is 13.1 Å². The number of hydrogen-bond acceptors (Lipinski definition) is 4. The Bertz CT molecular complexity index is 890. The van der Waals surface area contributed by atoms with Crippen LogP contribution in [0.15, 0.2) is 46.0 Å². The Labute approximate surface area is 171 Å². The number of carbonyl (C=O) groups is 1. The van der Waals surface area contributed by atoms with Gasteiger partial charge in [0.2, 0.25) is 5.91 Å². The molecule has 1 fully saturated rings. The molecule has 152 valence electrons. The highest BCUT2D eigenvalue weighted by Gasteiger charge is 2.32. The normalized spacial score (nSPS) is 16.8. The second-order valence-electron chi connectivity index (χ2n) is 8.28. The van der Waals surface area contributed by atoms with Gasteiger partial charge in [-0.25, -0.2) is 8.42 Å². The van der Waals surface area contributed by atoms with Gasteiger partial charge in [0.1, 0.15) is 4.21 Å². The maximum atomic E-state index is 12.6. The van der Waals surface area contributed by atoms with Crippen molar-refractivity contribution in [1.29, 1.82) is 0 Å². The van der Waals surface area contributed by atoms with E-state index in [1.807, 2.05) is 0 Å². The SMILES string of the molecule is CC(C)(C)c1ccc(CNC(=O)C2CCN(S(=O)(=O)c3cccs3)CC2)cc1. The van der Waals surface area contributed by atoms with Crippen molar-refractivity contribution < 1.29 is 13.2 Å². The van der Waals surface area contributed by atoms with E-state index >= 15 is 0 Å². The summed E-state index contributed by atoms with van der Waals surface area (Å²) in [7, 11) is -3.42. The number of thiophene rings is 1. The topological polar surface area (TPSA) is 66.5 Å². The van der Waals surface area contributed by atoms with Gasteiger partial charge in [0.15, 0.2) is 0 Å². The minimum Gasteiger partial charge on any atom is -0.352 e. The van der Waals surface area contributed by atoms with Crippen LogP contribution in [0.5, 0.6) is 0 Å². The summed E-state index contributed by atoms with van der Waals surface area (Å²) >= 11 is 1.23. The van der Waals surface area contributed by atoms with Crippen LogP contribution in [-0.2, 0) is 26.8 Å². The van der Waals surface area contributed by atoms with Crippen molar-refractivity contribution >= 4 is 27.3 Å². The molecule has 1 aromatic heterocycles. The number of benzene rings is 1. The molecule has 1 aromatic carbocycles. The van der Waals surface area contributed by atoms with Crippen molar-refractivity contribution in [3.63, 3.8) is 0 Å². The predicted molar refractivity (Wildman–Crippen MR) is 113 cm³/mol. The van der Waals surface area contributed by atoms with Crippen molar-refractivity contribution in [1.82, 2.24) is 9.62 Å². The Balaban J connectivity index is 1.50. The van der Waals surface area contributed by atoms with Crippen LogP contribution in [0.4, 0.5) is 0 Å². The molecule has 1 aliphatic heterocycles. The fraction of sp³-hybridized carbons (Fsp3) is 0.476. The fourth-order valence-corrected chi connectivity index (χ4v) is 5.97. The zero-order valence-corrected chi connectivity index (χ0v) is 18.3. The van der Waals surface area contributed by atoms with Crippen LogP contribution >= 0.6 is 11.3 Å². The number of amides is 1. The van der Waals surface area contributed by atoms with E-state index in [0.717, 1.165) is 5.56 Å². The van der Waals surface area contributed by atoms with Crippen molar-refractivity contribution in [2.24, 2.45) is 5.92 Å². The number of piperidine rings is 1. The van der Waals surface area contributed by atoms with Crippen LogP contribution in [0, 0.1) is 5.92 Å². The molecular weight excluding hydrogens is 392 g/mol. The molecule has 2 heterocycles. The molecule has 1 N–H and O–H groups in total. The molecule has 0 aliphatic carbocycles. The lowest BCUT2D eigenvalue weighted by Crippen LogP contribution is -2.42.